The van der Waals surface area contributed by atoms with E-state index in [1.807, 2.05) is 45.0 Å². The van der Waals surface area contributed by atoms with Crippen molar-refractivity contribution in [1.82, 2.24) is 9.78 Å². The molecule has 7 heteroatoms. The second kappa shape index (κ2) is 6.92. The molecule has 0 atom stereocenters. The zero-order valence-electron chi connectivity index (χ0n) is 14.7. The summed E-state index contributed by atoms with van der Waals surface area (Å²) in [5.41, 5.74) is 2.47. The highest BCUT2D eigenvalue weighted by Gasteiger charge is 2.22. The van der Waals surface area contributed by atoms with Gasteiger partial charge in [0.15, 0.2) is 0 Å². The van der Waals surface area contributed by atoms with Gasteiger partial charge in [-0.15, -0.1) is 0 Å². The molecule has 0 spiro atoms. The van der Waals surface area contributed by atoms with Crippen molar-refractivity contribution in [3.63, 3.8) is 0 Å². The summed E-state index contributed by atoms with van der Waals surface area (Å²) in [6.45, 7) is 5.88. The van der Waals surface area contributed by atoms with Gasteiger partial charge in [-0.1, -0.05) is 31.5 Å². The van der Waals surface area contributed by atoms with E-state index < -0.39 is 15.9 Å². The lowest BCUT2D eigenvalue weighted by Gasteiger charge is -2.09. The number of halogens is 1. The molecule has 0 fully saturated rings. The quantitative estimate of drug-likeness (QED) is 0.628. The summed E-state index contributed by atoms with van der Waals surface area (Å²) in [5.74, 6) is -0.338. The molecule has 2 aromatic carbocycles. The maximum absolute atomic E-state index is 13.1. The van der Waals surface area contributed by atoms with Crippen molar-refractivity contribution in [1.29, 1.82) is 0 Å². The highest BCUT2D eigenvalue weighted by molar-refractivity contribution is 7.87. The Morgan fingerprint density at radius 2 is 1.65 bits per heavy atom. The van der Waals surface area contributed by atoms with Crippen LogP contribution in [0.1, 0.15) is 31.0 Å². The summed E-state index contributed by atoms with van der Waals surface area (Å²) in [6, 6.07) is 13.6. The lowest BCUT2D eigenvalue weighted by Crippen LogP contribution is -2.12. The third-order valence-corrected chi connectivity index (χ3v) is 5.10. The van der Waals surface area contributed by atoms with E-state index in [1.165, 1.54) is 16.8 Å². The topological polar surface area (TPSA) is 61.2 Å². The highest BCUT2D eigenvalue weighted by atomic mass is 32.2. The Kier molecular flexibility index (Phi) is 4.82. The molecular weight excluding hydrogens is 355 g/mol. The number of nitrogens with zero attached hydrogens (tertiary/aromatic N) is 2. The van der Waals surface area contributed by atoms with Crippen LogP contribution in [-0.4, -0.2) is 18.2 Å². The van der Waals surface area contributed by atoms with Crippen molar-refractivity contribution in [2.75, 3.05) is 0 Å². The van der Waals surface area contributed by atoms with E-state index in [1.54, 1.807) is 6.07 Å². The van der Waals surface area contributed by atoms with Crippen molar-refractivity contribution in [3.8, 4) is 11.6 Å². The minimum Gasteiger partial charge on any atom is -0.358 e. The van der Waals surface area contributed by atoms with Crippen LogP contribution >= 0.6 is 0 Å². The molecular formula is C19H19FN2O3S. The van der Waals surface area contributed by atoms with Crippen molar-refractivity contribution in [2.45, 2.75) is 31.6 Å². The Hall–Kier alpha value is -2.67. The van der Waals surface area contributed by atoms with Crippen LogP contribution in [0.4, 0.5) is 4.39 Å². The fourth-order valence-corrected chi connectivity index (χ4v) is 3.26. The van der Waals surface area contributed by atoms with Gasteiger partial charge >= 0.3 is 10.1 Å². The number of benzene rings is 2. The fraction of sp³-hybridized carbons (Fsp3) is 0.211. The highest BCUT2D eigenvalue weighted by Crippen LogP contribution is 2.27. The lowest BCUT2D eigenvalue weighted by atomic mass is 10.1. The SMILES string of the molecule is Cc1ccc(-n2nc(C(C)C)cc2OS(=O)(=O)c2ccc(F)cc2)cc1. The molecule has 0 aliphatic carbocycles. The van der Waals surface area contributed by atoms with Crippen LogP contribution in [-0.2, 0) is 10.1 Å². The molecule has 0 bridgehead atoms. The summed E-state index contributed by atoms with van der Waals surface area (Å²) in [5, 5.41) is 4.47. The molecule has 0 saturated carbocycles. The smallest absolute Gasteiger partial charge is 0.340 e. The Labute approximate surface area is 152 Å². The van der Waals surface area contributed by atoms with E-state index in [-0.39, 0.29) is 16.7 Å². The van der Waals surface area contributed by atoms with Crippen LogP contribution in [0.25, 0.3) is 5.69 Å². The number of aryl methyl sites for hydroxylation is 1. The van der Waals surface area contributed by atoms with Crippen LogP contribution in [0.5, 0.6) is 5.88 Å². The zero-order chi connectivity index (χ0) is 18.9. The molecule has 136 valence electrons. The van der Waals surface area contributed by atoms with Crippen molar-refractivity contribution in [2.24, 2.45) is 0 Å². The minimum atomic E-state index is -4.11. The van der Waals surface area contributed by atoms with E-state index >= 15 is 0 Å². The molecule has 0 saturated heterocycles. The Morgan fingerprint density at radius 3 is 2.23 bits per heavy atom. The predicted molar refractivity (Wildman–Crippen MR) is 96.6 cm³/mol. The van der Waals surface area contributed by atoms with Crippen molar-refractivity contribution >= 4 is 10.1 Å². The summed E-state index contributed by atoms with van der Waals surface area (Å²) in [7, 11) is -4.11. The van der Waals surface area contributed by atoms with Crippen molar-refractivity contribution < 1.29 is 17.0 Å². The third kappa shape index (κ3) is 3.77. The maximum atomic E-state index is 13.1. The van der Waals surface area contributed by atoms with E-state index in [0.717, 1.165) is 17.7 Å². The van der Waals surface area contributed by atoms with Gasteiger partial charge in [0.05, 0.1) is 11.4 Å². The maximum Gasteiger partial charge on any atom is 0.340 e. The Morgan fingerprint density at radius 1 is 1.04 bits per heavy atom. The van der Waals surface area contributed by atoms with Gasteiger partial charge in [0.1, 0.15) is 10.7 Å². The molecule has 1 heterocycles. The number of hydrogen-bond donors (Lipinski definition) is 0. The van der Waals surface area contributed by atoms with Gasteiger partial charge in [-0.3, -0.25) is 0 Å². The Balaban J connectivity index is 2.03. The van der Waals surface area contributed by atoms with Gasteiger partial charge in [0.25, 0.3) is 0 Å². The van der Waals surface area contributed by atoms with E-state index in [2.05, 4.69) is 5.10 Å². The predicted octanol–water partition coefficient (Wildman–Crippen LogP) is 4.21. The molecule has 26 heavy (non-hydrogen) atoms. The van der Waals surface area contributed by atoms with Gasteiger partial charge < -0.3 is 4.18 Å². The molecule has 0 N–H and O–H groups in total. The normalized spacial score (nSPS) is 11.7. The van der Waals surface area contributed by atoms with Gasteiger partial charge in [-0.05, 0) is 49.2 Å². The van der Waals surface area contributed by atoms with E-state index in [0.29, 0.717) is 11.4 Å². The molecule has 3 aromatic rings. The molecule has 0 radical (unpaired) electrons. The molecule has 5 nitrogen and oxygen atoms in total. The molecule has 0 aliphatic rings. The average Bonchev–Trinajstić information content (AvgIpc) is 2.99. The molecule has 0 aliphatic heterocycles. The van der Waals surface area contributed by atoms with Crippen LogP contribution in [0, 0.1) is 12.7 Å². The van der Waals surface area contributed by atoms with E-state index in [4.69, 9.17) is 4.18 Å². The third-order valence-electron chi connectivity index (χ3n) is 3.86. The summed E-state index contributed by atoms with van der Waals surface area (Å²) in [6.07, 6.45) is 0. The van der Waals surface area contributed by atoms with Crippen molar-refractivity contribution in [3.05, 3.63) is 71.7 Å². The standard InChI is InChI=1S/C19H19FN2O3S/c1-13(2)18-12-19(22(21-18)16-8-4-14(3)5-9-16)25-26(23,24)17-10-6-15(20)7-11-17/h4-13H,1-3H3. The second-order valence-corrected chi connectivity index (χ2v) is 7.85. The molecule has 0 unspecified atom stereocenters. The molecule has 3 rings (SSSR count). The van der Waals surface area contributed by atoms with Crippen LogP contribution < -0.4 is 4.18 Å². The van der Waals surface area contributed by atoms with Gasteiger partial charge in [-0.25, -0.2) is 4.39 Å². The minimum absolute atomic E-state index is 0.0851. The average molecular weight is 374 g/mol. The largest absolute Gasteiger partial charge is 0.358 e. The van der Waals surface area contributed by atoms with Crippen LogP contribution in [0.3, 0.4) is 0 Å². The second-order valence-electron chi connectivity index (χ2n) is 6.30. The van der Waals surface area contributed by atoms with E-state index in [9.17, 15) is 12.8 Å². The van der Waals surface area contributed by atoms with Crippen LogP contribution in [0.2, 0.25) is 0 Å². The molecule has 1 aromatic heterocycles. The monoisotopic (exact) mass is 374 g/mol. The lowest BCUT2D eigenvalue weighted by molar-refractivity contribution is 0.464. The number of rotatable bonds is 5. The Bertz CT molecular complexity index is 1010. The fourth-order valence-electron chi connectivity index (χ4n) is 2.36. The first kappa shape index (κ1) is 18.1. The number of aromatic nitrogens is 2. The summed E-state index contributed by atoms with van der Waals surface area (Å²) in [4.78, 5) is -0.123. The van der Waals surface area contributed by atoms with Gasteiger partial charge in [0.2, 0.25) is 5.88 Å². The first-order valence-corrected chi connectivity index (χ1v) is 9.54. The van der Waals surface area contributed by atoms with Gasteiger partial charge in [0, 0.05) is 6.07 Å². The summed E-state index contributed by atoms with van der Waals surface area (Å²) >= 11 is 0. The van der Waals surface area contributed by atoms with Crippen LogP contribution in [0.15, 0.2) is 59.5 Å². The first-order chi connectivity index (χ1) is 12.3. The zero-order valence-corrected chi connectivity index (χ0v) is 15.5. The van der Waals surface area contributed by atoms with Gasteiger partial charge in [-0.2, -0.15) is 18.2 Å². The summed E-state index contributed by atoms with van der Waals surface area (Å²) < 4.78 is 44.9. The molecule has 0 amide bonds. The first-order valence-electron chi connectivity index (χ1n) is 8.13. The number of hydrogen-bond acceptors (Lipinski definition) is 4.